The summed E-state index contributed by atoms with van der Waals surface area (Å²) < 4.78 is 14.8. The monoisotopic (exact) mass is 439 g/mol. The first kappa shape index (κ1) is 20.3. The maximum atomic E-state index is 14.8. The van der Waals surface area contributed by atoms with E-state index < -0.39 is 5.82 Å². The van der Waals surface area contributed by atoms with Crippen molar-refractivity contribution in [2.45, 2.75) is 38.6 Å². The van der Waals surface area contributed by atoms with E-state index in [-0.39, 0.29) is 11.3 Å². The van der Waals surface area contributed by atoms with Gasteiger partial charge in [-0.25, -0.2) is 9.37 Å². The molecule has 1 aliphatic heterocycles. The Kier molecular flexibility index (Phi) is 5.14. The lowest BCUT2D eigenvalue weighted by atomic mass is 10.0. The number of benzene rings is 1. The smallest absolute Gasteiger partial charge is 0.151 e. The first-order valence-electron chi connectivity index (χ1n) is 10.7. The SMILES string of the molecule is Cc1ncc(-c2cc(O)c(-c3ccc(N4CCC(C)(NCC5CC5)C4)nn3)cc2F)s1. The van der Waals surface area contributed by atoms with E-state index in [1.54, 1.807) is 12.3 Å². The molecule has 2 aliphatic rings. The Labute approximate surface area is 185 Å². The normalized spacial score (nSPS) is 21.1. The van der Waals surface area contributed by atoms with E-state index in [1.807, 2.05) is 13.0 Å². The van der Waals surface area contributed by atoms with Crippen LogP contribution in [0.1, 0.15) is 31.2 Å². The predicted octanol–water partition coefficient (Wildman–Crippen LogP) is 4.39. The fraction of sp³-hybridized carbons (Fsp3) is 0.435. The minimum Gasteiger partial charge on any atom is -0.507 e. The third-order valence-electron chi connectivity index (χ3n) is 6.21. The highest BCUT2D eigenvalue weighted by Gasteiger charge is 2.35. The number of rotatable bonds is 6. The number of aromatic nitrogens is 3. The van der Waals surface area contributed by atoms with Crippen molar-refractivity contribution in [3.8, 4) is 27.4 Å². The second kappa shape index (κ2) is 7.84. The van der Waals surface area contributed by atoms with Gasteiger partial charge in [-0.3, -0.25) is 0 Å². The average molecular weight is 440 g/mol. The Morgan fingerprint density at radius 2 is 2.10 bits per heavy atom. The summed E-state index contributed by atoms with van der Waals surface area (Å²) in [6, 6.07) is 6.44. The zero-order valence-corrected chi connectivity index (χ0v) is 18.5. The second-order valence-electron chi connectivity index (χ2n) is 8.93. The molecule has 1 saturated carbocycles. The van der Waals surface area contributed by atoms with Crippen molar-refractivity contribution in [1.82, 2.24) is 20.5 Å². The number of hydrogen-bond donors (Lipinski definition) is 2. The van der Waals surface area contributed by atoms with Gasteiger partial charge in [0.05, 0.1) is 15.6 Å². The van der Waals surface area contributed by atoms with E-state index in [2.05, 4.69) is 32.3 Å². The minimum absolute atomic E-state index is 0.0254. The van der Waals surface area contributed by atoms with Crippen LogP contribution in [-0.2, 0) is 0 Å². The van der Waals surface area contributed by atoms with Crippen molar-refractivity contribution in [3.05, 3.63) is 41.3 Å². The van der Waals surface area contributed by atoms with Crippen LogP contribution in [0.15, 0.2) is 30.5 Å². The molecule has 2 fully saturated rings. The van der Waals surface area contributed by atoms with Crippen molar-refractivity contribution in [2.75, 3.05) is 24.5 Å². The quantitative estimate of drug-likeness (QED) is 0.594. The summed E-state index contributed by atoms with van der Waals surface area (Å²) in [5.74, 6) is 1.21. The Bertz CT molecular complexity index is 1100. The van der Waals surface area contributed by atoms with Crippen molar-refractivity contribution >= 4 is 17.2 Å². The number of aryl methyl sites for hydroxylation is 1. The van der Waals surface area contributed by atoms with Gasteiger partial charge in [0.1, 0.15) is 11.6 Å². The minimum atomic E-state index is -0.417. The molecule has 1 aromatic carbocycles. The molecular formula is C23H26FN5OS. The first-order valence-corrected chi connectivity index (χ1v) is 11.5. The summed E-state index contributed by atoms with van der Waals surface area (Å²) >= 11 is 1.39. The van der Waals surface area contributed by atoms with Gasteiger partial charge in [0.2, 0.25) is 0 Å². The highest BCUT2D eigenvalue weighted by atomic mass is 32.1. The molecule has 1 aliphatic carbocycles. The summed E-state index contributed by atoms with van der Waals surface area (Å²) in [6.45, 7) is 7.03. The molecule has 5 rings (SSSR count). The van der Waals surface area contributed by atoms with Crippen molar-refractivity contribution < 1.29 is 9.50 Å². The standard InChI is InChI=1S/C23H26FN5OS/c1-14-25-12-21(31-14)16-10-20(30)17(9-18(16)24)19-5-6-22(28-27-19)29-8-7-23(2,13-29)26-11-15-3-4-15/h5-6,9-10,12,15,26,30H,3-4,7-8,11,13H2,1-2H3. The lowest BCUT2D eigenvalue weighted by Crippen LogP contribution is -2.45. The Hall–Kier alpha value is -2.58. The number of nitrogens with zero attached hydrogens (tertiary/aromatic N) is 4. The number of halogens is 1. The van der Waals surface area contributed by atoms with E-state index >= 15 is 0 Å². The van der Waals surface area contributed by atoms with Gasteiger partial charge in [0.25, 0.3) is 0 Å². The van der Waals surface area contributed by atoms with Gasteiger partial charge in [-0.1, -0.05) is 0 Å². The van der Waals surface area contributed by atoms with Gasteiger partial charge < -0.3 is 15.3 Å². The van der Waals surface area contributed by atoms with Crippen molar-refractivity contribution in [1.29, 1.82) is 0 Å². The van der Waals surface area contributed by atoms with Crippen LogP contribution in [0.4, 0.5) is 10.2 Å². The highest BCUT2D eigenvalue weighted by Crippen LogP contribution is 2.37. The molecule has 162 valence electrons. The van der Waals surface area contributed by atoms with Crippen molar-refractivity contribution in [2.24, 2.45) is 5.92 Å². The third kappa shape index (κ3) is 4.27. The van der Waals surface area contributed by atoms with Gasteiger partial charge >= 0.3 is 0 Å². The lowest BCUT2D eigenvalue weighted by molar-refractivity contribution is 0.383. The summed E-state index contributed by atoms with van der Waals surface area (Å²) in [5.41, 5.74) is 1.21. The average Bonchev–Trinajstić information content (AvgIpc) is 3.37. The summed E-state index contributed by atoms with van der Waals surface area (Å²) in [6.07, 6.45) is 5.37. The van der Waals surface area contributed by atoms with Gasteiger partial charge in [0, 0.05) is 36.0 Å². The maximum absolute atomic E-state index is 14.8. The van der Waals surface area contributed by atoms with Crippen LogP contribution in [0.3, 0.4) is 0 Å². The number of nitrogens with one attached hydrogen (secondary N) is 1. The molecule has 0 spiro atoms. The molecule has 3 aromatic rings. The number of anilines is 1. The zero-order valence-electron chi connectivity index (χ0n) is 17.7. The largest absolute Gasteiger partial charge is 0.507 e. The van der Waals surface area contributed by atoms with E-state index in [0.29, 0.717) is 21.7 Å². The molecule has 2 N–H and O–H groups in total. The fourth-order valence-electron chi connectivity index (χ4n) is 4.09. The first-order chi connectivity index (χ1) is 14.9. The third-order valence-corrected chi connectivity index (χ3v) is 7.16. The second-order valence-corrected chi connectivity index (χ2v) is 10.2. The van der Waals surface area contributed by atoms with Crippen LogP contribution in [0.2, 0.25) is 0 Å². The molecule has 1 atom stereocenters. The molecule has 6 nitrogen and oxygen atoms in total. The maximum Gasteiger partial charge on any atom is 0.151 e. The Morgan fingerprint density at radius 1 is 1.26 bits per heavy atom. The van der Waals surface area contributed by atoms with Crippen LogP contribution < -0.4 is 10.2 Å². The molecule has 2 aromatic heterocycles. The molecule has 31 heavy (non-hydrogen) atoms. The topological polar surface area (TPSA) is 74.2 Å². The Morgan fingerprint density at radius 3 is 2.77 bits per heavy atom. The summed E-state index contributed by atoms with van der Waals surface area (Å²) in [5, 5.41) is 23.8. The summed E-state index contributed by atoms with van der Waals surface area (Å²) in [4.78, 5) is 7.08. The van der Waals surface area contributed by atoms with Crippen molar-refractivity contribution in [3.63, 3.8) is 0 Å². The Balaban J connectivity index is 1.32. The molecule has 1 unspecified atom stereocenters. The van der Waals surface area contributed by atoms with Gasteiger partial charge in [0.15, 0.2) is 5.82 Å². The molecule has 3 heterocycles. The zero-order chi connectivity index (χ0) is 21.6. The number of phenols is 1. The van der Waals surface area contributed by atoms with Gasteiger partial charge in [-0.2, -0.15) is 0 Å². The molecule has 0 amide bonds. The predicted molar refractivity (Wildman–Crippen MR) is 121 cm³/mol. The molecular weight excluding hydrogens is 413 g/mol. The van der Waals surface area contributed by atoms with Crippen LogP contribution in [0, 0.1) is 18.7 Å². The van der Waals surface area contributed by atoms with Gasteiger partial charge in [-0.05, 0) is 69.8 Å². The van der Waals surface area contributed by atoms with E-state index in [4.69, 9.17) is 0 Å². The fourth-order valence-corrected chi connectivity index (χ4v) is 4.89. The van der Waals surface area contributed by atoms with Crippen LogP contribution >= 0.6 is 11.3 Å². The molecule has 0 radical (unpaired) electrons. The van der Waals surface area contributed by atoms with Crippen LogP contribution in [0.5, 0.6) is 5.75 Å². The van der Waals surface area contributed by atoms with Gasteiger partial charge in [-0.15, -0.1) is 21.5 Å². The molecule has 1 saturated heterocycles. The number of aromatic hydroxyl groups is 1. The molecule has 0 bridgehead atoms. The van der Waals surface area contributed by atoms with E-state index in [9.17, 15) is 9.50 Å². The van der Waals surface area contributed by atoms with Crippen LogP contribution in [0.25, 0.3) is 21.7 Å². The summed E-state index contributed by atoms with van der Waals surface area (Å²) in [7, 11) is 0. The molecule has 8 heteroatoms. The number of phenolic OH excluding ortho intramolecular Hbond substituents is 1. The number of hydrogen-bond acceptors (Lipinski definition) is 7. The van der Waals surface area contributed by atoms with Crippen LogP contribution in [-0.4, -0.2) is 45.5 Å². The van der Waals surface area contributed by atoms with E-state index in [0.717, 1.165) is 42.8 Å². The van der Waals surface area contributed by atoms with E-state index in [1.165, 1.54) is 36.3 Å². The lowest BCUT2D eigenvalue weighted by Gasteiger charge is -2.26. The number of thiazole rings is 1. The highest BCUT2D eigenvalue weighted by molar-refractivity contribution is 7.15.